The molecule has 4 heteroatoms. The van der Waals surface area contributed by atoms with Crippen molar-refractivity contribution in [2.45, 2.75) is 148 Å². The van der Waals surface area contributed by atoms with Gasteiger partial charge in [0, 0.05) is 6.42 Å². The van der Waals surface area contributed by atoms with E-state index in [1.165, 1.54) is 56.9 Å². The summed E-state index contributed by atoms with van der Waals surface area (Å²) in [5.74, 6) is 1.82. The van der Waals surface area contributed by atoms with Crippen LogP contribution in [0.3, 0.4) is 0 Å². The summed E-state index contributed by atoms with van der Waals surface area (Å²) in [6.45, 7) is 7.02. The number of unbranched alkanes of at least 4 members (excludes halogenated alkanes) is 5. The minimum atomic E-state index is -0.646. The smallest absolute Gasteiger partial charge is 0.141 e. The van der Waals surface area contributed by atoms with Crippen LogP contribution >= 0.6 is 0 Å². The second kappa shape index (κ2) is 13.6. The molecule has 0 aliphatic heterocycles. The number of carbonyl (C=O) groups excluding carboxylic acids is 1. The van der Waals surface area contributed by atoms with E-state index in [4.69, 9.17) is 0 Å². The fourth-order valence-electron chi connectivity index (χ4n) is 8.46. The van der Waals surface area contributed by atoms with Gasteiger partial charge in [0.1, 0.15) is 5.78 Å². The van der Waals surface area contributed by atoms with Crippen LogP contribution in [0, 0.1) is 28.6 Å². The van der Waals surface area contributed by atoms with Gasteiger partial charge in [-0.15, -0.1) is 0 Å². The van der Waals surface area contributed by atoms with Crippen LogP contribution in [0.4, 0.5) is 0 Å². The van der Waals surface area contributed by atoms with Crippen molar-refractivity contribution in [2.24, 2.45) is 28.6 Å². The van der Waals surface area contributed by atoms with Gasteiger partial charge in [-0.1, -0.05) is 88.3 Å². The summed E-state index contributed by atoms with van der Waals surface area (Å²) in [6, 6.07) is 0. The first-order valence-corrected chi connectivity index (χ1v) is 16.3. The van der Waals surface area contributed by atoms with Gasteiger partial charge in [-0.3, -0.25) is 4.79 Å². The van der Waals surface area contributed by atoms with Crippen LogP contribution in [0.15, 0.2) is 35.5 Å². The summed E-state index contributed by atoms with van der Waals surface area (Å²) in [5, 5.41) is 31.2. The number of hydrogen-bond acceptors (Lipinski definition) is 4. The molecule has 0 radical (unpaired) electrons. The van der Waals surface area contributed by atoms with Crippen LogP contribution in [0.1, 0.15) is 130 Å². The van der Waals surface area contributed by atoms with E-state index >= 15 is 0 Å². The van der Waals surface area contributed by atoms with Crippen molar-refractivity contribution in [3.63, 3.8) is 0 Å². The lowest BCUT2D eigenvalue weighted by Crippen LogP contribution is -2.35. The highest BCUT2D eigenvalue weighted by atomic mass is 16.3. The van der Waals surface area contributed by atoms with E-state index in [9.17, 15) is 20.1 Å². The Morgan fingerprint density at radius 2 is 1.67 bits per heavy atom. The molecule has 7 atom stereocenters. The summed E-state index contributed by atoms with van der Waals surface area (Å²) >= 11 is 0. The molecule has 0 aromatic carbocycles. The first-order valence-electron chi connectivity index (χ1n) is 16.3. The van der Waals surface area contributed by atoms with E-state index < -0.39 is 23.7 Å². The van der Waals surface area contributed by atoms with Crippen molar-refractivity contribution < 1.29 is 20.1 Å². The Labute approximate surface area is 238 Å². The summed E-state index contributed by atoms with van der Waals surface area (Å²) in [6.07, 6.45) is 24.5. The predicted octanol–water partition coefficient (Wildman–Crippen LogP) is 7.61. The number of rotatable bonds is 13. The van der Waals surface area contributed by atoms with Crippen LogP contribution in [0.25, 0.3) is 0 Å². The Morgan fingerprint density at radius 3 is 2.36 bits per heavy atom. The lowest BCUT2D eigenvalue weighted by atomic mass is 9.61. The first kappa shape index (κ1) is 30.7. The van der Waals surface area contributed by atoms with Crippen LogP contribution < -0.4 is 0 Å². The van der Waals surface area contributed by atoms with E-state index in [0.717, 1.165) is 32.1 Å². The molecule has 4 nitrogen and oxygen atoms in total. The Balaban J connectivity index is 1.33. The van der Waals surface area contributed by atoms with E-state index in [1.54, 1.807) is 5.57 Å². The number of ketones is 1. The van der Waals surface area contributed by atoms with Crippen LogP contribution in [-0.4, -0.2) is 39.4 Å². The predicted molar refractivity (Wildman–Crippen MR) is 159 cm³/mol. The highest BCUT2D eigenvalue weighted by Crippen LogP contribution is 2.59. The molecule has 39 heavy (non-hydrogen) atoms. The summed E-state index contributed by atoms with van der Waals surface area (Å²) in [5.41, 5.74) is 2.46. The van der Waals surface area contributed by atoms with E-state index in [0.29, 0.717) is 43.4 Å². The second-order valence-electron chi connectivity index (χ2n) is 13.9. The van der Waals surface area contributed by atoms with Crippen molar-refractivity contribution in [2.75, 3.05) is 0 Å². The Morgan fingerprint density at radius 1 is 0.974 bits per heavy atom. The highest BCUT2D eigenvalue weighted by Gasteiger charge is 2.54. The molecule has 3 N–H and O–H groups in total. The lowest BCUT2D eigenvalue weighted by molar-refractivity contribution is -0.127. The average Bonchev–Trinajstić information content (AvgIpc) is 3.63. The molecule has 0 spiro atoms. The molecule has 4 fully saturated rings. The number of allylic oxidation sites excluding steroid dienone is 4. The molecule has 0 aromatic heterocycles. The van der Waals surface area contributed by atoms with E-state index in [2.05, 4.69) is 39.0 Å². The van der Waals surface area contributed by atoms with Gasteiger partial charge in [0.15, 0.2) is 0 Å². The fraction of sp³-hybridized carbons (Fsp3) is 0.800. The van der Waals surface area contributed by atoms with Gasteiger partial charge in [-0.05, 0) is 93.8 Å². The Bertz CT molecular complexity index is 900. The molecule has 0 amide bonds. The summed E-state index contributed by atoms with van der Waals surface area (Å²) in [7, 11) is 0. The molecule has 4 aliphatic rings. The van der Waals surface area contributed by atoms with Crippen LogP contribution in [0.2, 0.25) is 0 Å². The maximum atomic E-state index is 13.0. The monoisotopic (exact) mass is 540 g/mol. The number of aliphatic hydroxyl groups is 3. The van der Waals surface area contributed by atoms with Gasteiger partial charge in [-0.25, -0.2) is 0 Å². The maximum absolute atomic E-state index is 13.0. The standard InChI is InChI=1S/C35H56O4/c1-4-5-6-7-8-9-12-32(38)35(20-21-35)33(39)18-13-25(2)30-16-17-31-27(11-10-19-34(30,31)3)15-14-26-22-28(36)24-29(37)23-26/h13-15,18,25,28-31,33,36-37,39H,4-12,16-17,19-24H2,1-3H3/t25-,28-,29-,30-,31+,33-,34-/m1/s1. The zero-order chi connectivity index (χ0) is 28.0. The van der Waals surface area contributed by atoms with Gasteiger partial charge in [-0.2, -0.15) is 0 Å². The molecule has 0 saturated heterocycles. The van der Waals surface area contributed by atoms with Crippen LogP contribution in [0.5, 0.6) is 0 Å². The van der Waals surface area contributed by atoms with Crippen molar-refractivity contribution in [3.05, 3.63) is 35.5 Å². The normalized spacial score (nSPS) is 34.7. The minimum absolute atomic E-state index is 0.258. The maximum Gasteiger partial charge on any atom is 0.141 e. The zero-order valence-corrected chi connectivity index (χ0v) is 25.0. The molecule has 0 unspecified atom stereocenters. The summed E-state index contributed by atoms with van der Waals surface area (Å²) < 4.78 is 0. The van der Waals surface area contributed by atoms with Gasteiger partial charge in [0.25, 0.3) is 0 Å². The lowest BCUT2D eigenvalue weighted by Gasteiger charge is -2.44. The number of Topliss-reactive ketones (excluding diaryl/α,β-unsaturated/α-hetero) is 1. The second-order valence-corrected chi connectivity index (χ2v) is 13.9. The molecule has 0 bridgehead atoms. The molecular formula is C35H56O4. The number of fused-ring (bicyclic) bond motifs is 1. The number of aliphatic hydroxyl groups excluding tert-OH is 3. The van der Waals surface area contributed by atoms with Gasteiger partial charge in [0.2, 0.25) is 0 Å². The Hall–Kier alpha value is -1.23. The molecule has 220 valence electrons. The summed E-state index contributed by atoms with van der Waals surface area (Å²) in [4.78, 5) is 13.0. The number of carbonyl (C=O) groups is 1. The molecule has 4 rings (SSSR count). The van der Waals surface area contributed by atoms with Crippen molar-refractivity contribution in [3.8, 4) is 0 Å². The molecule has 4 saturated carbocycles. The molecule has 0 aromatic rings. The van der Waals surface area contributed by atoms with Gasteiger partial charge >= 0.3 is 0 Å². The zero-order valence-electron chi connectivity index (χ0n) is 25.0. The molecule has 4 aliphatic carbocycles. The fourth-order valence-corrected chi connectivity index (χ4v) is 8.46. The van der Waals surface area contributed by atoms with E-state index in [1.807, 2.05) is 6.08 Å². The third-order valence-electron chi connectivity index (χ3n) is 11.0. The number of hydrogen-bond donors (Lipinski definition) is 3. The van der Waals surface area contributed by atoms with Gasteiger partial charge in [0.05, 0.1) is 23.7 Å². The molecular weight excluding hydrogens is 484 g/mol. The quantitative estimate of drug-likeness (QED) is 0.166. The van der Waals surface area contributed by atoms with Crippen molar-refractivity contribution in [1.82, 2.24) is 0 Å². The van der Waals surface area contributed by atoms with Crippen molar-refractivity contribution >= 4 is 5.78 Å². The van der Waals surface area contributed by atoms with Gasteiger partial charge < -0.3 is 15.3 Å². The first-order chi connectivity index (χ1) is 18.7. The third-order valence-corrected chi connectivity index (χ3v) is 11.0. The third kappa shape index (κ3) is 7.35. The van der Waals surface area contributed by atoms with Crippen molar-refractivity contribution in [1.29, 1.82) is 0 Å². The Kier molecular flexibility index (Phi) is 10.7. The minimum Gasteiger partial charge on any atom is -0.393 e. The topological polar surface area (TPSA) is 77.8 Å². The highest BCUT2D eigenvalue weighted by molar-refractivity contribution is 5.88. The van der Waals surface area contributed by atoms with E-state index in [-0.39, 0.29) is 11.2 Å². The van der Waals surface area contributed by atoms with Crippen LogP contribution in [-0.2, 0) is 4.79 Å². The SMILES string of the molecule is CCCCCCCCC(=O)C1([C@H](O)C=C[C@@H](C)[C@H]2CC[C@H]3C(=CC=C4C[C@@H](O)C[C@H](O)C4)CCC[C@]23C)CC1. The largest absolute Gasteiger partial charge is 0.393 e. The average molecular weight is 541 g/mol. The molecule has 0 heterocycles.